The Morgan fingerprint density at radius 1 is 1.62 bits per heavy atom. The third kappa shape index (κ3) is 4.32. The van der Waals surface area contributed by atoms with Gasteiger partial charge >= 0.3 is 0 Å². The van der Waals surface area contributed by atoms with Crippen molar-refractivity contribution in [2.75, 3.05) is 11.5 Å². The van der Waals surface area contributed by atoms with Gasteiger partial charge in [0, 0.05) is 18.2 Å². The fraction of sp³-hybridized carbons (Fsp3) is 0.375. The van der Waals surface area contributed by atoms with Crippen molar-refractivity contribution in [2.24, 2.45) is 5.84 Å². The lowest BCUT2D eigenvalue weighted by Gasteiger charge is -2.01. The van der Waals surface area contributed by atoms with Crippen LogP contribution in [-0.4, -0.2) is 21.6 Å². The van der Waals surface area contributed by atoms with Gasteiger partial charge in [0.25, 0.3) is 5.56 Å². The predicted octanol–water partition coefficient (Wildman–Crippen LogP) is -0.786. The number of hydrogen-bond acceptors (Lipinski definition) is 6. The molecular weight excluding hydrogens is 230 g/mol. The normalized spacial score (nSPS) is 10.1. The van der Waals surface area contributed by atoms with E-state index in [1.165, 1.54) is 17.8 Å². The zero-order valence-electron chi connectivity index (χ0n) is 8.53. The highest BCUT2D eigenvalue weighted by Crippen LogP contribution is 2.13. The first-order chi connectivity index (χ1) is 7.61. The van der Waals surface area contributed by atoms with E-state index in [4.69, 9.17) is 11.6 Å². The SMILES string of the molecule is NNC(=O)CCCSc1nc(N)cc(=O)[nH]1. The molecule has 6 N–H and O–H groups in total. The molecule has 1 aromatic heterocycles. The number of thioether (sulfide) groups is 1. The summed E-state index contributed by atoms with van der Waals surface area (Å²) in [5.74, 6) is 5.55. The second kappa shape index (κ2) is 6.13. The summed E-state index contributed by atoms with van der Waals surface area (Å²) in [4.78, 5) is 28.3. The summed E-state index contributed by atoms with van der Waals surface area (Å²) in [6, 6.07) is 1.21. The van der Waals surface area contributed by atoms with Gasteiger partial charge in [0.1, 0.15) is 5.82 Å². The number of rotatable bonds is 5. The van der Waals surface area contributed by atoms with E-state index in [2.05, 4.69) is 9.97 Å². The molecule has 0 bridgehead atoms. The van der Waals surface area contributed by atoms with Crippen LogP contribution in [0.4, 0.5) is 5.82 Å². The highest BCUT2D eigenvalue weighted by molar-refractivity contribution is 7.99. The second-order valence-corrected chi connectivity index (χ2v) is 4.08. The van der Waals surface area contributed by atoms with Gasteiger partial charge in [-0.1, -0.05) is 11.8 Å². The zero-order chi connectivity index (χ0) is 12.0. The first-order valence-electron chi connectivity index (χ1n) is 4.61. The molecule has 0 aliphatic carbocycles. The first-order valence-corrected chi connectivity index (χ1v) is 5.59. The fourth-order valence-electron chi connectivity index (χ4n) is 0.995. The third-order valence-corrected chi connectivity index (χ3v) is 2.65. The largest absolute Gasteiger partial charge is 0.383 e. The number of carbonyl (C=O) groups is 1. The van der Waals surface area contributed by atoms with Gasteiger partial charge in [0.05, 0.1) is 0 Å². The zero-order valence-corrected chi connectivity index (χ0v) is 9.34. The molecule has 8 heteroatoms. The van der Waals surface area contributed by atoms with Crippen molar-refractivity contribution in [3.8, 4) is 0 Å². The van der Waals surface area contributed by atoms with Crippen LogP contribution in [-0.2, 0) is 4.79 Å². The third-order valence-electron chi connectivity index (χ3n) is 1.69. The first kappa shape index (κ1) is 12.5. The lowest BCUT2D eigenvalue weighted by atomic mass is 10.3. The Bertz CT molecular complexity index is 419. The van der Waals surface area contributed by atoms with Crippen molar-refractivity contribution >= 4 is 23.5 Å². The lowest BCUT2D eigenvalue weighted by Crippen LogP contribution is -2.29. The number of amides is 1. The molecule has 0 fully saturated rings. The number of hydrogen-bond donors (Lipinski definition) is 4. The smallest absolute Gasteiger partial charge is 0.253 e. The number of carbonyl (C=O) groups excluding carboxylic acids is 1. The van der Waals surface area contributed by atoms with E-state index < -0.39 is 0 Å². The number of nitrogen functional groups attached to an aromatic ring is 1. The number of nitrogens with one attached hydrogen (secondary N) is 2. The van der Waals surface area contributed by atoms with Gasteiger partial charge < -0.3 is 10.7 Å². The summed E-state index contributed by atoms with van der Waals surface area (Å²) in [7, 11) is 0. The Labute approximate surface area is 96.0 Å². The molecule has 0 atom stereocenters. The van der Waals surface area contributed by atoms with Crippen LogP contribution in [0, 0.1) is 0 Å². The number of hydrazine groups is 1. The van der Waals surface area contributed by atoms with Gasteiger partial charge in [-0.25, -0.2) is 10.8 Å². The molecule has 1 aromatic rings. The number of aromatic nitrogens is 2. The molecule has 1 rings (SSSR count). The monoisotopic (exact) mass is 243 g/mol. The summed E-state index contributed by atoms with van der Waals surface area (Å²) in [5, 5.41) is 0.457. The number of H-pyrrole nitrogens is 1. The molecule has 1 heterocycles. The van der Waals surface area contributed by atoms with Crippen LogP contribution in [0.3, 0.4) is 0 Å². The summed E-state index contributed by atoms with van der Waals surface area (Å²) >= 11 is 1.33. The van der Waals surface area contributed by atoms with E-state index in [0.29, 0.717) is 23.8 Å². The standard InChI is InChI=1S/C8H13N5O2S/c9-5-4-7(15)12-8(11-5)16-3-1-2-6(14)13-10/h4H,1-3,10H2,(H,13,14)(H3,9,11,12,15). The topological polar surface area (TPSA) is 127 Å². The second-order valence-electron chi connectivity index (χ2n) is 2.99. The summed E-state index contributed by atoms with van der Waals surface area (Å²) in [6.07, 6.45) is 0.988. The van der Waals surface area contributed by atoms with Crippen molar-refractivity contribution < 1.29 is 4.79 Å². The number of aromatic amines is 1. The van der Waals surface area contributed by atoms with Gasteiger partial charge in [-0.2, -0.15) is 0 Å². The van der Waals surface area contributed by atoms with E-state index in [-0.39, 0.29) is 17.3 Å². The van der Waals surface area contributed by atoms with Crippen LogP contribution in [0.2, 0.25) is 0 Å². The van der Waals surface area contributed by atoms with E-state index in [9.17, 15) is 9.59 Å². The van der Waals surface area contributed by atoms with Crippen molar-refractivity contribution in [3.05, 3.63) is 16.4 Å². The molecule has 7 nitrogen and oxygen atoms in total. The highest BCUT2D eigenvalue weighted by Gasteiger charge is 2.01. The average Bonchev–Trinajstić information content (AvgIpc) is 2.22. The summed E-state index contributed by atoms with van der Waals surface area (Å²) in [6.45, 7) is 0. The van der Waals surface area contributed by atoms with Gasteiger partial charge in [0.2, 0.25) is 5.91 Å². The molecule has 88 valence electrons. The minimum Gasteiger partial charge on any atom is -0.383 e. The summed E-state index contributed by atoms with van der Waals surface area (Å²) in [5.41, 5.74) is 7.17. The lowest BCUT2D eigenvalue weighted by molar-refractivity contribution is -0.121. The van der Waals surface area contributed by atoms with E-state index in [0.717, 1.165) is 0 Å². The van der Waals surface area contributed by atoms with Crippen LogP contribution in [0.15, 0.2) is 16.0 Å². The Morgan fingerprint density at radius 2 is 2.38 bits per heavy atom. The Morgan fingerprint density at radius 3 is 3.00 bits per heavy atom. The maximum Gasteiger partial charge on any atom is 0.253 e. The molecule has 0 spiro atoms. The molecule has 1 amide bonds. The minimum atomic E-state index is -0.283. The van der Waals surface area contributed by atoms with E-state index in [1.807, 2.05) is 5.43 Å². The van der Waals surface area contributed by atoms with Gasteiger partial charge in [0.15, 0.2) is 5.16 Å². The van der Waals surface area contributed by atoms with Crippen molar-refractivity contribution in [2.45, 2.75) is 18.0 Å². The van der Waals surface area contributed by atoms with Crippen molar-refractivity contribution in [1.82, 2.24) is 15.4 Å². The van der Waals surface area contributed by atoms with Crippen LogP contribution in [0.25, 0.3) is 0 Å². The molecule has 0 unspecified atom stereocenters. The number of anilines is 1. The Hall–Kier alpha value is -1.54. The molecule has 0 aromatic carbocycles. The molecule has 16 heavy (non-hydrogen) atoms. The average molecular weight is 243 g/mol. The van der Waals surface area contributed by atoms with Crippen LogP contribution in [0.5, 0.6) is 0 Å². The van der Waals surface area contributed by atoms with Crippen LogP contribution in [0.1, 0.15) is 12.8 Å². The quantitative estimate of drug-likeness (QED) is 0.134. The molecule has 0 aliphatic rings. The van der Waals surface area contributed by atoms with Gasteiger partial charge in [-0.05, 0) is 6.42 Å². The number of nitrogens with two attached hydrogens (primary N) is 2. The van der Waals surface area contributed by atoms with Crippen molar-refractivity contribution in [1.29, 1.82) is 0 Å². The Balaban J connectivity index is 2.37. The highest BCUT2D eigenvalue weighted by atomic mass is 32.2. The summed E-state index contributed by atoms with van der Waals surface area (Å²) < 4.78 is 0. The van der Waals surface area contributed by atoms with Crippen molar-refractivity contribution in [3.63, 3.8) is 0 Å². The predicted molar refractivity (Wildman–Crippen MR) is 61.6 cm³/mol. The van der Waals surface area contributed by atoms with E-state index in [1.54, 1.807) is 0 Å². The maximum absolute atomic E-state index is 11.0. The van der Waals surface area contributed by atoms with Crippen LogP contribution < -0.4 is 22.6 Å². The molecule has 0 radical (unpaired) electrons. The number of nitrogens with zero attached hydrogens (tertiary/aromatic N) is 1. The fourth-order valence-corrected chi connectivity index (χ4v) is 1.82. The molecule has 0 aliphatic heterocycles. The Kier molecular flexibility index (Phi) is 4.80. The van der Waals surface area contributed by atoms with Gasteiger partial charge in [-0.3, -0.25) is 15.0 Å². The molecule has 0 saturated heterocycles. The van der Waals surface area contributed by atoms with E-state index >= 15 is 0 Å². The molecule has 0 saturated carbocycles. The van der Waals surface area contributed by atoms with Gasteiger partial charge in [-0.15, -0.1) is 0 Å². The maximum atomic E-state index is 11.0. The molecular formula is C8H13N5O2S. The van der Waals surface area contributed by atoms with Crippen LogP contribution >= 0.6 is 11.8 Å². The minimum absolute atomic E-state index is 0.186.